The first-order valence-corrected chi connectivity index (χ1v) is 6.29. The van der Waals surface area contributed by atoms with Gasteiger partial charge >= 0.3 is 0 Å². The third-order valence-corrected chi connectivity index (χ3v) is 3.56. The molecule has 17 heavy (non-hydrogen) atoms. The molecule has 1 aromatic carbocycles. The van der Waals surface area contributed by atoms with Crippen LogP contribution < -0.4 is 5.73 Å². The molecule has 1 aromatic rings. The predicted octanol–water partition coefficient (Wildman–Crippen LogP) is 1.69. The number of carbonyl (C=O) groups excluding carboxylic acids is 1. The van der Waals surface area contributed by atoms with Crippen molar-refractivity contribution in [3.05, 3.63) is 34.9 Å². The van der Waals surface area contributed by atoms with Crippen LogP contribution in [0.2, 0.25) is 5.02 Å². The van der Waals surface area contributed by atoms with Gasteiger partial charge in [-0.15, -0.1) is 0 Å². The zero-order chi connectivity index (χ0) is 12.3. The predicted molar refractivity (Wildman–Crippen MR) is 68.9 cm³/mol. The number of nitrogens with zero attached hydrogens (tertiary/aromatic N) is 1. The van der Waals surface area contributed by atoms with Gasteiger partial charge in [-0.1, -0.05) is 23.7 Å². The van der Waals surface area contributed by atoms with E-state index in [1.54, 1.807) is 0 Å². The van der Waals surface area contributed by atoms with Crippen LogP contribution in [0.25, 0.3) is 0 Å². The highest BCUT2D eigenvalue weighted by Crippen LogP contribution is 2.16. The summed E-state index contributed by atoms with van der Waals surface area (Å²) in [6.07, 6.45) is 1.89. The molecular weight excluding hydrogens is 236 g/mol. The number of primary amides is 1. The van der Waals surface area contributed by atoms with E-state index in [0.717, 1.165) is 37.5 Å². The highest BCUT2D eigenvalue weighted by atomic mass is 35.5. The lowest BCUT2D eigenvalue weighted by atomic mass is 10.1. The molecule has 0 aromatic heterocycles. The van der Waals surface area contributed by atoms with Gasteiger partial charge in [-0.25, -0.2) is 0 Å². The van der Waals surface area contributed by atoms with Gasteiger partial charge in [0.25, 0.3) is 0 Å². The SMILES string of the molecule is NC(=O)C1CCN(CCc2ccc(Cl)cc2)C1. The second-order valence-corrected chi connectivity index (χ2v) is 5.00. The van der Waals surface area contributed by atoms with E-state index in [1.807, 2.05) is 24.3 Å². The normalized spacial score (nSPS) is 20.6. The van der Waals surface area contributed by atoms with Crippen molar-refractivity contribution in [2.24, 2.45) is 11.7 Å². The van der Waals surface area contributed by atoms with Gasteiger partial charge in [0.15, 0.2) is 0 Å². The second-order valence-electron chi connectivity index (χ2n) is 4.57. The third kappa shape index (κ3) is 3.45. The van der Waals surface area contributed by atoms with E-state index < -0.39 is 0 Å². The average Bonchev–Trinajstić information content (AvgIpc) is 2.77. The van der Waals surface area contributed by atoms with Crippen LogP contribution in [0, 0.1) is 5.92 Å². The first kappa shape index (κ1) is 12.4. The number of hydrogen-bond acceptors (Lipinski definition) is 2. The van der Waals surface area contributed by atoms with E-state index in [4.69, 9.17) is 17.3 Å². The number of carbonyl (C=O) groups is 1. The van der Waals surface area contributed by atoms with Crippen molar-refractivity contribution in [1.82, 2.24) is 4.90 Å². The highest BCUT2D eigenvalue weighted by molar-refractivity contribution is 6.30. The standard InChI is InChI=1S/C13H17ClN2O/c14-12-3-1-10(2-4-12)5-7-16-8-6-11(9-16)13(15)17/h1-4,11H,5-9H2,(H2,15,17). The maximum absolute atomic E-state index is 11.0. The van der Waals surface area contributed by atoms with E-state index in [9.17, 15) is 4.79 Å². The molecule has 3 nitrogen and oxygen atoms in total. The molecule has 0 radical (unpaired) electrons. The quantitative estimate of drug-likeness (QED) is 0.887. The molecule has 1 heterocycles. The molecular formula is C13H17ClN2O. The summed E-state index contributed by atoms with van der Waals surface area (Å²) in [5.41, 5.74) is 6.58. The van der Waals surface area contributed by atoms with Gasteiger partial charge < -0.3 is 10.6 Å². The zero-order valence-electron chi connectivity index (χ0n) is 9.73. The van der Waals surface area contributed by atoms with E-state index in [1.165, 1.54) is 5.56 Å². The Morgan fingerprint density at radius 2 is 2.12 bits per heavy atom. The van der Waals surface area contributed by atoms with Crippen molar-refractivity contribution in [2.75, 3.05) is 19.6 Å². The molecule has 92 valence electrons. The molecule has 2 N–H and O–H groups in total. The molecule has 0 saturated carbocycles. The van der Waals surface area contributed by atoms with E-state index in [2.05, 4.69) is 4.90 Å². The van der Waals surface area contributed by atoms with Gasteiger partial charge in [0.05, 0.1) is 5.92 Å². The Hall–Kier alpha value is -1.06. The molecule has 1 atom stereocenters. The molecule has 0 spiro atoms. The Balaban J connectivity index is 1.80. The Morgan fingerprint density at radius 3 is 2.71 bits per heavy atom. The fourth-order valence-electron chi connectivity index (χ4n) is 2.21. The van der Waals surface area contributed by atoms with Crippen molar-refractivity contribution < 1.29 is 4.79 Å². The molecule has 1 amide bonds. The van der Waals surface area contributed by atoms with Gasteiger partial charge in [-0.3, -0.25) is 4.79 Å². The Bertz CT molecular complexity index is 391. The molecule has 4 heteroatoms. The highest BCUT2D eigenvalue weighted by Gasteiger charge is 2.25. The molecule has 1 saturated heterocycles. The van der Waals surface area contributed by atoms with Crippen LogP contribution in [-0.2, 0) is 11.2 Å². The summed E-state index contributed by atoms with van der Waals surface area (Å²) in [6, 6.07) is 7.91. The lowest BCUT2D eigenvalue weighted by Gasteiger charge is -2.15. The van der Waals surface area contributed by atoms with Crippen LogP contribution in [0.4, 0.5) is 0 Å². The number of halogens is 1. The van der Waals surface area contributed by atoms with Crippen molar-refractivity contribution in [3.63, 3.8) is 0 Å². The van der Waals surface area contributed by atoms with Crippen LogP contribution in [-0.4, -0.2) is 30.4 Å². The first-order chi connectivity index (χ1) is 8.15. The topological polar surface area (TPSA) is 46.3 Å². The lowest BCUT2D eigenvalue weighted by Crippen LogP contribution is -2.28. The minimum Gasteiger partial charge on any atom is -0.369 e. The molecule has 0 bridgehead atoms. The molecule has 0 aliphatic carbocycles. The lowest BCUT2D eigenvalue weighted by molar-refractivity contribution is -0.121. The van der Waals surface area contributed by atoms with Crippen LogP contribution in [0.15, 0.2) is 24.3 Å². The van der Waals surface area contributed by atoms with Crippen LogP contribution >= 0.6 is 11.6 Å². The third-order valence-electron chi connectivity index (χ3n) is 3.30. The van der Waals surface area contributed by atoms with Crippen molar-refractivity contribution in [2.45, 2.75) is 12.8 Å². The molecule has 1 aliphatic heterocycles. The minimum absolute atomic E-state index is 0.0419. The summed E-state index contributed by atoms with van der Waals surface area (Å²) in [4.78, 5) is 13.3. The summed E-state index contributed by atoms with van der Waals surface area (Å²) in [6.45, 7) is 2.76. The smallest absolute Gasteiger partial charge is 0.221 e. The number of amides is 1. The Labute approximate surface area is 107 Å². The molecule has 1 unspecified atom stereocenters. The fourth-order valence-corrected chi connectivity index (χ4v) is 2.33. The second kappa shape index (κ2) is 5.52. The summed E-state index contributed by atoms with van der Waals surface area (Å²) in [5, 5.41) is 0.767. The largest absolute Gasteiger partial charge is 0.369 e. The summed E-state index contributed by atoms with van der Waals surface area (Å²) in [5.74, 6) is -0.126. The minimum atomic E-state index is -0.168. The number of rotatable bonds is 4. The van der Waals surface area contributed by atoms with E-state index in [0.29, 0.717) is 0 Å². The maximum Gasteiger partial charge on any atom is 0.221 e. The van der Waals surface area contributed by atoms with Gasteiger partial charge in [-0.2, -0.15) is 0 Å². The van der Waals surface area contributed by atoms with Crippen LogP contribution in [0.1, 0.15) is 12.0 Å². The average molecular weight is 253 g/mol. The van der Waals surface area contributed by atoms with Crippen molar-refractivity contribution >= 4 is 17.5 Å². The number of nitrogens with two attached hydrogens (primary N) is 1. The summed E-state index contributed by atoms with van der Waals surface area (Å²) >= 11 is 5.83. The molecule has 1 aliphatic rings. The molecule has 2 rings (SSSR count). The van der Waals surface area contributed by atoms with E-state index >= 15 is 0 Å². The first-order valence-electron chi connectivity index (χ1n) is 5.91. The summed E-state index contributed by atoms with van der Waals surface area (Å²) in [7, 11) is 0. The number of benzene rings is 1. The van der Waals surface area contributed by atoms with Gasteiger partial charge in [-0.05, 0) is 37.1 Å². The van der Waals surface area contributed by atoms with Crippen LogP contribution in [0.5, 0.6) is 0 Å². The van der Waals surface area contributed by atoms with Gasteiger partial charge in [0.2, 0.25) is 5.91 Å². The number of hydrogen-bond donors (Lipinski definition) is 1. The fraction of sp³-hybridized carbons (Fsp3) is 0.462. The van der Waals surface area contributed by atoms with Crippen molar-refractivity contribution in [3.8, 4) is 0 Å². The maximum atomic E-state index is 11.0. The molecule has 1 fully saturated rings. The monoisotopic (exact) mass is 252 g/mol. The summed E-state index contributed by atoms with van der Waals surface area (Å²) < 4.78 is 0. The Kier molecular flexibility index (Phi) is 4.02. The van der Waals surface area contributed by atoms with Gasteiger partial charge in [0, 0.05) is 18.1 Å². The van der Waals surface area contributed by atoms with E-state index in [-0.39, 0.29) is 11.8 Å². The van der Waals surface area contributed by atoms with Crippen LogP contribution in [0.3, 0.4) is 0 Å². The number of likely N-dealkylation sites (tertiary alicyclic amines) is 1. The zero-order valence-corrected chi connectivity index (χ0v) is 10.5. The van der Waals surface area contributed by atoms with Crippen molar-refractivity contribution in [1.29, 1.82) is 0 Å². The Morgan fingerprint density at radius 1 is 1.41 bits per heavy atom. The van der Waals surface area contributed by atoms with Gasteiger partial charge in [0.1, 0.15) is 0 Å².